The molecule has 3 aromatic rings. The molecular weight excluding hydrogens is 562 g/mol. The lowest BCUT2D eigenvalue weighted by Gasteiger charge is -2.40. The molecule has 0 bridgehead atoms. The van der Waals surface area contributed by atoms with E-state index < -0.39 is 29.5 Å². The lowest BCUT2D eigenvalue weighted by atomic mass is 9.90. The summed E-state index contributed by atoms with van der Waals surface area (Å²) in [5, 5.41) is 9.64. The van der Waals surface area contributed by atoms with Crippen LogP contribution in [0.3, 0.4) is 0 Å². The summed E-state index contributed by atoms with van der Waals surface area (Å²) in [4.78, 5) is 13.5. The quantitative estimate of drug-likeness (QED) is 0.320. The van der Waals surface area contributed by atoms with Crippen molar-refractivity contribution < 1.29 is 22.3 Å². The number of anilines is 1. The molecular formula is C31H41F4N7O. The van der Waals surface area contributed by atoms with Gasteiger partial charge in [-0.05, 0) is 97.6 Å². The van der Waals surface area contributed by atoms with E-state index in [1.807, 2.05) is 13.1 Å². The number of nitrogens with one attached hydrogen (secondary N) is 1. The molecule has 0 spiro atoms. The third-order valence-corrected chi connectivity index (χ3v) is 9.53. The van der Waals surface area contributed by atoms with Gasteiger partial charge in [0.15, 0.2) is 5.82 Å². The SMILES string of the molecule is CCNc1cc2c(cn1)c(C1CCN(C3CCN(C)CC3)CC1)nn2C1CCC(Oc2nccc(C(F)(F)F)c2F)CC1. The minimum absolute atomic E-state index is 0.103. The Labute approximate surface area is 249 Å². The first-order chi connectivity index (χ1) is 20.7. The zero-order valence-electron chi connectivity index (χ0n) is 24.9. The minimum atomic E-state index is -4.80. The summed E-state index contributed by atoms with van der Waals surface area (Å²) in [7, 11) is 2.20. The molecule has 3 fully saturated rings. The van der Waals surface area contributed by atoms with Crippen LogP contribution in [-0.4, -0.2) is 81.5 Å². The van der Waals surface area contributed by atoms with Crippen molar-refractivity contribution in [2.75, 3.05) is 45.1 Å². The number of likely N-dealkylation sites (tertiary alicyclic amines) is 2. The summed E-state index contributed by atoms with van der Waals surface area (Å²) in [5.74, 6) is -0.862. The van der Waals surface area contributed by atoms with E-state index in [1.165, 1.54) is 12.8 Å². The van der Waals surface area contributed by atoms with E-state index in [1.54, 1.807) is 0 Å². The number of nitrogens with zero attached hydrogens (tertiary/aromatic N) is 6. The third kappa shape index (κ3) is 6.45. The highest BCUT2D eigenvalue weighted by Gasteiger charge is 2.37. The van der Waals surface area contributed by atoms with Crippen molar-refractivity contribution in [3.05, 3.63) is 41.6 Å². The van der Waals surface area contributed by atoms with E-state index >= 15 is 0 Å². The number of piperidine rings is 2. The number of hydrogen-bond donors (Lipinski definition) is 1. The fourth-order valence-electron chi connectivity index (χ4n) is 7.10. The molecule has 12 heteroatoms. The first kappa shape index (κ1) is 30.1. The van der Waals surface area contributed by atoms with Crippen molar-refractivity contribution in [3.8, 4) is 5.88 Å². The zero-order chi connectivity index (χ0) is 30.1. The molecule has 43 heavy (non-hydrogen) atoms. The highest BCUT2D eigenvalue weighted by atomic mass is 19.4. The standard InChI is InChI=1S/C31H41F4N7O/c1-3-36-27-18-26-24(19-38-27)29(20-9-16-41(17-10-20)21-11-14-40(2)15-12-21)39-42(26)22-4-6-23(7-5-22)43-30-28(32)25(8-13-37-30)31(33,34)35/h8,13,18-23H,3-7,9-12,14-17H2,1-2H3,(H,36,38). The predicted octanol–water partition coefficient (Wildman–Crippen LogP) is 6.25. The molecule has 2 saturated heterocycles. The number of ether oxygens (including phenoxy) is 1. The molecule has 234 valence electrons. The summed E-state index contributed by atoms with van der Waals surface area (Å²) >= 11 is 0. The number of pyridine rings is 2. The lowest BCUT2D eigenvalue weighted by Crippen LogP contribution is -2.46. The molecule has 0 radical (unpaired) electrons. The molecule has 0 amide bonds. The van der Waals surface area contributed by atoms with Crippen LogP contribution >= 0.6 is 0 Å². The maximum Gasteiger partial charge on any atom is 0.419 e. The summed E-state index contributed by atoms with van der Waals surface area (Å²) < 4.78 is 61.8. The van der Waals surface area contributed by atoms with Crippen LogP contribution < -0.4 is 10.1 Å². The average molecular weight is 604 g/mol. The molecule has 8 nitrogen and oxygen atoms in total. The van der Waals surface area contributed by atoms with E-state index in [9.17, 15) is 17.6 Å². The molecule has 1 aliphatic carbocycles. The van der Waals surface area contributed by atoms with Crippen molar-refractivity contribution in [1.29, 1.82) is 0 Å². The molecule has 3 aliphatic rings. The summed E-state index contributed by atoms with van der Waals surface area (Å²) in [6.07, 6.45) is 4.87. The third-order valence-electron chi connectivity index (χ3n) is 9.53. The van der Waals surface area contributed by atoms with Gasteiger partial charge in [0.25, 0.3) is 5.88 Å². The minimum Gasteiger partial charge on any atom is -0.472 e. The van der Waals surface area contributed by atoms with Crippen LogP contribution in [0.5, 0.6) is 5.88 Å². The summed E-state index contributed by atoms with van der Waals surface area (Å²) in [5.41, 5.74) is 0.805. The summed E-state index contributed by atoms with van der Waals surface area (Å²) in [6, 6.07) is 3.49. The highest BCUT2D eigenvalue weighted by Crippen LogP contribution is 2.39. The number of hydrogen-bond acceptors (Lipinski definition) is 7. The van der Waals surface area contributed by atoms with Crippen LogP contribution in [0.15, 0.2) is 24.5 Å². The molecule has 0 atom stereocenters. The van der Waals surface area contributed by atoms with E-state index in [2.05, 4.69) is 42.9 Å². The van der Waals surface area contributed by atoms with Gasteiger partial charge in [0.1, 0.15) is 11.9 Å². The average Bonchev–Trinajstić information content (AvgIpc) is 3.37. The number of alkyl halides is 3. The van der Waals surface area contributed by atoms with Gasteiger partial charge in [0.05, 0.1) is 22.8 Å². The van der Waals surface area contributed by atoms with Gasteiger partial charge in [-0.15, -0.1) is 0 Å². The van der Waals surface area contributed by atoms with Crippen LogP contribution in [0.2, 0.25) is 0 Å². The lowest BCUT2D eigenvalue weighted by molar-refractivity contribution is -0.140. The largest absolute Gasteiger partial charge is 0.472 e. The van der Waals surface area contributed by atoms with Crippen molar-refractivity contribution in [2.45, 2.75) is 88.6 Å². The fraction of sp³-hybridized carbons (Fsp3) is 0.645. The molecule has 3 aromatic heterocycles. The second-order valence-electron chi connectivity index (χ2n) is 12.3. The highest BCUT2D eigenvalue weighted by molar-refractivity contribution is 5.84. The maximum absolute atomic E-state index is 14.5. The monoisotopic (exact) mass is 603 g/mol. The van der Waals surface area contributed by atoms with Crippen LogP contribution in [-0.2, 0) is 6.18 Å². The van der Waals surface area contributed by atoms with E-state index in [-0.39, 0.29) is 6.04 Å². The second kappa shape index (κ2) is 12.6. The van der Waals surface area contributed by atoms with Crippen molar-refractivity contribution >= 4 is 16.7 Å². The van der Waals surface area contributed by atoms with Crippen LogP contribution in [0.1, 0.15) is 81.5 Å². The molecule has 6 rings (SSSR count). The number of rotatable bonds is 7. The Morgan fingerprint density at radius 2 is 1.67 bits per heavy atom. The molecule has 5 heterocycles. The Bertz CT molecular complexity index is 1390. The molecule has 0 unspecified atom stereocenters. The van der Waals surface area contributed by atoms with Gasteiger partial charge in [-0.3, -0.25) is 4.68 Å². The normalized spacial score (nSPS) is 23.6. The van der Waals surface area contributed by atoms with Crippen molar-refractivity contribution in [1.82, 2.24) is 29.5 Å². The van der Waals surface area contributed by atoms with Gasteiger partial charge in [-0.25, -0.2) is 14.4 Å². The molecule has 2 aliphatic heterocycles. The fourth-order valence-corrected chi connectivity index (χ4v) is 7.10. The number of halogens is 4. The topological polar surface area (TPSA) is 71.3 Å². The summed E-state index contributed by atoms with van der Waals surface area (Å²) in [6.45, 7) is 7.29. The van der Waals surface area contributed by atoms with E-state index in [0.717, 1.165) is 87.0 Å². The van der Waals surface area contributed by atoms with Crippen molar-refractivity contribution in [2.24, 2.45) is 0 Å². The number of aromatic nitrogens is 4. The van der Waals surface area contributed by atoms with E-state index in [0.29, 0.717) is 30.9 Å². The van der Waals surface area contributed by atoms with Crippen molar-refractivity contribution in [3.63, 3.8) is 0 Å². The predicted molar refractivity (Wildman–Crippen MR) is 157 cm³/mol. The Morgan fingerprint density at radius 1 is 0.953 bits per heavy atom. The zero-order valence-corrected chi connectivity index (χ0v) is 24.9. The first-order valence-electron chi connectivity index (χ1n) is 15.6. The Balaban J connectivity index is 1.17. The van der Waals surface area contributed by atoms with Gasteiger partial charge in [-0.1, -0.05) is 0 Å². The smallest absolute Gasteiger partial charge is 0.419 e. The number of fused-ring (bicyclic) bond motifs is 1. The van der Waals surface area contributed by atoms with Gasteiger partial charge in [0, 0.05) is 42.4 Å². The van der Waals surface area contributed by atoms with Crippen LogP contribution in [0.25, 0.3) is 10.9 Å². The Morgan fingerprint density at radius 3 is 2.35 bits per heavy atom. The molecule has 1 N–H and O–H groups in total. The second-order valence-corrected chi connectivity index (χ2v) is 12.3. The Hall–Kier alpha value is -2.99. The van der Waals surface area contributed by atoms with E-state index in [4.69, 9.17) is 9.84 Å². The molecule has 1 saturated carbocycles. The van der Waals surface area contributed by atoms with Crippen LogP contribution in [0.4, 0.5) is 23.4 Å². The molecule has 0 aromatic carbocycles. The van der Waals surface area contributed by atoms with Gasteiger partial charge in [-0.2, -0.15) is 18.3 Å². The Kier molecular flexibility index (Phi) is 8.77. The van der Waals surface area contributed by atoms with Gasteiger partial charge in [0.2, 0.25) is 0 Å². The maximum atomic E-state index is 14.5. The van der Waals surface area contributed by atoms with Gasteiger partial charge < -0.3 is 19.9 Å². The van der Waals surface area contributed by atoms with Crippen LogP contribution in [0, 0.1) is 5.82 Å². The first-order valence-corrected chi connectivity index (χ1v) is 15.6. The van der Waals surface area contributed by atoms with Gasteiger partial charge >= 0.3 is 6.18 Å².